The van der Waals surface area contributed by atoms with Crippen LogP contribution in [-0.2, 0) is 10.0 Å². The van der Waals surface area contributed by atoms with Gasteiger partial charge in [-0.1, -0.05) is 48.5 Å². The molecule has 0 amide bonds. The van der Waals surface area contributed by atoms with E-state index in [1.165, 1.54) is 0 Å². The van der Waals surface area contributed by atoms with Gasteiger partial charge in [-0.15, -0.1) is 0 Å². The minimum atomic E-state index is -3.35. The van der Waals surface area contributed by atoms with Crippen molar-refractivity contribution in [2.24, 2.45) is 0 Å². The normalized spacial score (nSPS) is 21.1. The van der Waals surface area contributed by atoms with Crippen LogP contribution in [0.4, 0.5) is 0 Å². The second-order valence-corrected chi connectivity index (χ2v) is 5.69. The van der Waals surface area contributed by atoms with Gasteiger partial charge in [0, 0.05) is 0 Å². The Morgan fingerprint density at radius 1 is 0.882 bits per heavy atom. The molecule has 2 aromatic carbocycles. The highest BCUT2D eigenvalue weighted by Crippen LogP contribution is 2.34. The first kappa shape index (κ1) is 10.5. The Kier molecular flexibility index (Phi) is 2.28. The van der Waals surface area contributed by atoms with E-state index in [1.807, 2.05) is 42.5 Å². The molecule has 4 heteroatoms. The lowest BCUT2D eigenvalue weighted by atomic mass is 10.00. The summed E-state index contributed by atoms with van der Waals surface area (Å²) in [6, 6.07) is 16.4. The first-order valence-electron chi connectivity index (χ1n) is 5.35. The Morgan fingerprint density at radius 2 is 1.53 bits per heavy atom. The van der Waals surface area contributed by atoms with Crippen molar-refractivity contribution in [3.05, 3.63) is 65.7 Å². The molecule has 1 aliphatic rings. The Bertz CT molecular complexity index is 650. The Balaban J connectivity index is 2.19. The summed E-state index contributed by atoms with van der Waals surface area (Å²) in [5, 5.41) is 0. The molecule has 1 N–H and O–H groups in total. The van der Waals surface area contributed by atoms with Crippen molar-refractivity contribution in [2.45, 2.75) is 10.9 Å². The fraction of sp³-hybridized carbons (Fsp3) is 0.0769. The zero-order valence-electron chi connectivity index (χ0n) is 9.00. The van der Waals surface area contributed by atoms with Crippen LogP contribution in [0, 0.1) is 0 Å². The highest BCUT2D eigenvalue weighted by atomic mass is 32.2. The lowest BCUT2D eigenvalue weighted by Gasteiger charge is -2.10. The molecule has 0 spiro atoms. The number of rotatable bonds is 1. The van der Waals surface area contributed by atoms with Gasteiger partial charge in [0.25, 0.3) is 0 Å². The van der Waals surface area contributed by atoms with E-state index >= 15 is 0 Å². The summed E-state index contributed by atoms with van der Waals surface area (Å²) in [5.74, 6) is 0. The molecule has 0 saturated heterocycles. The number of fused-ring (bicyclic) bond motifs is 1. The third-order valence-electron chi connectivity index (χ3n) is 2.93. The zero-order valence-corrected chi connectivity index (χ0v) is 9.81. The minimum Gasteiger partial charge on any atom is -0.207 e. The SMILES string of the molecule is O=S1(=O)NC(c2ccccc2)c2ccccc21. The molecule has 0 aromatic heterocycles. The maximum atomic E-state index is 11.9. The predicted octanol–water partition coefficient (Wildman–Crippen LogP) is 2.07. The number of sulfonamides is 1. The topological polar surface area (TPSA) is 46.2 Å². The van der Waals surface area contributed by atoms with E-state index in [0.29, 0.717) is 4.90 Å². The van der Waals surface area contributed by atoms with Crippen molar-refractivity contribution >= 4 is 10.0 Å². The fourth-order valence-electron chi connectivity index (χ4n) is 2.14. The first-order chi connectivity index (χ1) is 8.18. The zero-order chi connectivity index (χ0) is 11.9. The van der Waals surface area contributed by atoms with Crippen LogP contribution in [0.25, 0.3) is 0 Å². The molecule has 1 aliphatic heterocycles. The van der Waals surface area contributed by atoms with E-state index in [1.54, 1.807) is 12.1 Å². The molecule has 0 bridgehead atoms. The lowest BCUT2D eigenvalue weighted by molar-refractivity contribution is 0.585. The van der Waals surface area contributed by atoms with Crippen molar-refractivity contribution in [1.29, 1.82) is 0 Å². The van der Waals surface area contributed by atoms with E-state index in [2.05, 4.69) is 4.72 Å². The van der Waals surface area contributed by atoms with Crippen molar-refractivity contribution in [3.63, 3.8) is 0 Å². The van der Waals surface area contributed by atoms with Crippen LogP contribution in [0.3, 0.4) is 0 Å². The molecule has 0 radical (unpaired) electrons. The van der Waals surface area contributed by atoms with Crippen LogP contribution in [0.5, 0.6) is 0 Å². The molecule has 1 atom stereocenters. The van der Waals surface area contributed by atoms with E-state index in [0.717, 1.165) is 11.1 Å². The van der Waals surface area contributed by atoms with Gasteiger partial charge in [-0.2, -0.15) is 4.72 Å². The molecular weight excluding hydrogens is 234 g/mol. The quantitative estimate of drug-likeness (QED) is 0.836. The van der Waals surface area contributed by atoms with Crippen molar-refractivity contribution < 1.29 is 8.42 Å². The fourth-order valence-corrected chi connectivity index (χ4v) is 3.59. The molecule has 17 heavy (non-hydrogen) atoms. The third-order valence-corrected chi connectivity index (χ3v) is 4.42. The van der Waals surface area contributed by atoms with Gasteiger partial charge in [0.2, 0.25) is 10.0 Å². The standard InChI is InChI=1S/C13H11NO2S/c15-17(16)12-9-5-4-8-11(12)13(14-17)10-6-2-1-3-7-10/h1-9,13-14H. The number of benzene rings is 2. The molecule has 3 nitrogen and oxygen atoms in total. The summed E-state index contributed by atoms with van der Waals surface area (Å²) >= 11 is 0. The van der Waals surface area contributed by atoms with E-state index in [4.69, 9.17) is 0 Å². The molecule has 3 rings (SSSR count). The molecule has 0 saturated carbocycles. The highest BCUT2D eigenvalue weighted by molar-refractivity contribution is 7.89. The van der Waals surface area contributed by atoms with Crippen LogP contribution in [0.15, 0.2) is 59.5 Å². The second-order valence-electron chi connectivity index (χ2n) is 4.00. The number of hydrogen-bond acceptors (Lipinski definition) is 2. The van der Waals surface area contributed by atoms with Gasteiger partial charge in [0.1, 0.15) is 0 Å². The van der Waals surface area contributed by atoms with Crippen LogP contribution in [0.2, 0.25) is 0 Å². The monoisotopic (exact) mass is 245 g/mol. The lowest BCUT2D eigenvalue weighted by Crippen LogP contribution is -2.20. The van der Waals surface area contributed by atoms with E-state index in [-0.39, 0.29) is 6.04 Å². The summed E-state index contributed by atoms with van der Waals surface area (Å²) in [6.07, 6.45) is 0. The average molecular weight is 245 g/mol. The van der Waals surface area contributed by atoms with Gasteiger partial charge in [0.15, 0.2) is 0 Å². The van der Waals surface area contributed by atoms with Crippen LogP contribution in [-0.4, -0.2) is 8.42 Å². The van der Waals surface area contributed by atoms with E-state index in [9.17, 15) is 8.42 Å². The van der Waals surface area contributed by atoms with Crippen molar-refractivity contribution in [2.75, 3.05) is 0 Å². The Morgan fingerprint density at radius 3 is 2.29 bits per heavy atom. The second kappa shape index (κ2) is 3.68. The maximum Gasteiger partial charge on any atom is 0.241 e. The molecule has 1 heterocycles. The molecule has 0 fully saturated rings. The Labute approximate surface area is 100 Å². The molecule has 2 aromatic rings. The summed E-state index contributed by atoms with van der Waals surface area (Å²) in [4.78, 5) is 0.383. The van der Waals surface area contributed by atoms with Crippen LogP contribution >= 0.6 is 0 Å². The summed E-state index contributed by atoms with van der Waals surface area (Å²) in [5.41, 5.74) is 1.78. The van der Waals surface area contributed by atoms with Gasteiger partial charge < -0.3 is 0 Å². The predicted molar refractivity (Wildman–Crippen MR) is 65.0 cm³/mol. The van der Waals surface area contributed by atoms with Crippen LogP contribution < -0.4 is 4.72 Å². The molecule has 1 unspecified atom stereocenters. The van der Waals surface area contributed by atoms with Crippen molar-refractivity contribution in [1.82, 2.24) is 4.72 Å². The van der Waals surface area contributed by atoms with Gasteiger partial charge >= 0.3 is 0 Å². The van der Waals surface area contributed by atoms with Gasteiger partial charge in [-0.25, -0.2) is 8.42 Å². The highest BCUT2D eigenvalue weighted by Gasteiger charge is 2.34. The maximum absolute atomic E-state index is 11.9. The largest absolute Gasteiger partial charge is 0.241 e. The van der Waals surface area contributed by atoms with E-state index < -0.39 is 10.0 Å². The van der Waals surface area contributed by atoms with Gasteiger partial charge in [0.05, 0.1) is 10.9 Å². The number of nitrogens with one attached hydrogen (secondary N) is 1. The van der Waals surface area contributed by atoms with Crippen LogP contribution in [0.1, 0.15) is 17.2 Å². The molecular formula is C13H11NO2S. The Hall–Kier alpha value is -1.65. The summed E-state index contributed by atoms with van der Waals surface area (Å²) < 4.78 is 26.5. The van der Waals surface area contributed by atoms with Gasteiger partial charge in [-0.05, 0) is 17.2 Å². The summed E-state index contributed by atoms with van der Waals surface area (Å²) in [7, 11) is -3.35. The minimum absolute atomic E-state index is 0.266. The number of hydrogen-bond donors (Lipinski definition) is 1. The summed E-state index contributed by atoms with van der Waals surface area (Å²) in [6.45, 7) is 0. The van der Waals surface area contributed by atoms with Gasteiger partial charge in [-0.3, -0.25) is 0 Å². The first-order valence-corrected chi connectivity index (χ1v) is 6.83. The molecule has 0 aliphatic carbocycles. The molecule has 86 valence electrons. The third kappa shape index (κ3) is 1.66. The van der Waals surface area contributed by atoms with Crippen molar-refractivity contribution in [3.8, 4) is 0 Å². The smallest absolute Gasteiger partial charge is 0.207 e. The average Bonchev–Trinajstić information content (AvgIpc) is 2.64.